The molecule has 3 fully saturated rings. The monoisotopic (exact) mass is 401 g/mol. The minimum absolute atomic E-state index is 0.365. The molecule has 2 aliphatic heterocycles. The molecule has 4 rings (SSSR count). The molecule has 0 unspecified atom stereocenters. The molecule has 3 aliphatic rings. The van der Waals surface area contributed by atoms with Crippen molar-refractivity contribution in [1.82, 2.24) is 14.7 Å². The first-order valence-corrected chi connectivity index (χ1v) is 11.7. The van der Waals surface area contributed by atoms with Crippen LogP contribution in [0, 0.1) is 5.41 Å². The second-order valence-corrected chi connectivity index (χ2v) is 9.51. The van der Waals surface area contributed by atoms with Crippen molar-refractivity contribution in [3.8, 4) is 5.75 Å². The van der Waals surface area contributed by atoms with Crippen molar-refractivity contribution in [2.45, 2.75) is 51.7 Å². The number of ether oxygens (including phenoxy) is 1. The summed E-state index contributed by atoms with van der Waals surface area (Å²) in [7, 11) is 0. The number of rotatable bonds is 8. The summed E-state index contributed by atoms with van der Waals surface area (Å²) in [6.45, 7) is 12.2. The van der Waals surface area contributed by atoms with Gasteiger partial charge in [0.05, 0.1) is 0 Å². The van der Waals surface area contributed by atoms with Crippen molar-refractivity contribution in [3.05, 3.63) is 29.8 Å². The summed E-state index contributed by atoms with van der Waals surface area (Å²) in [5, 5.41) is 10.4. The lowest BCUT2D eigenvalue weighted by molar-refractivity contribution is 0.0470. The van der Waals surface area contributed by atoms with Gasteiger partial charge < -0.3 is 14.7 Å². The first kappa shape index (κ1) is 21.1. The molecule has 1 saturated carbocycles. The molecule has 29 heavy (non-hydrogen) atoms. The zero-order valence-electron chi connectivity index (χ0n) is 18.2. The zero-order chi connectivity index (χ0) is 20.1. The van der Waals surface area contributed by atoms with Crippen LogP contribution in [-0.2, 0) is 6.54 Å². The molecule has 1 atom stereocenters. The first-order chi connectivity index (χ1) is 14.1. The number of β-amino-alcohol motifs (C(OH)–C–C–N with tert-alkyl or cyclic N) is 1. The summed E-state index contributed by atoms with van der Waals surface area (Å²) in [6, 6.07) is 8.46. The number of hydrogen-bond donors (Lipinski definition) is 1. The highest BCUT2D eigenvalue weighted by Gasteiger charge is 2.39. The maximum Gasteiger partial charge on any atom is 0.119 e. The summed E-state index contributed by atoms with van der Waals surface area (Å²) in [5.41, 5.74) is 1.95. The van der Waals surface area contributed by atoms with Crippen molar-refractivity contribution in [2.24, 2.45) is 5.41 Å². The van der Waals surface area contributed by atoms with Crippen molar-refractivity contribution >= 4 is 0 Å². The Morgan fingerprint density at radius 2 is 1.76 bits per heavy atom. The molecule has 2 heterocycles. The van der Waals surface area contributed by atoms with Gasteiger partial charge in [0, 0.05) is 45.8 Å². The topological polar surface area (TPSA) is 39.2 Å². The van der Waals surface area contributed by atoms with Gasteiger partial charge in [-0.15, -0.1) is 0 Å². The average Bonchev–Trinajstić information content (AvgIpc) is 3.37. The Balaban J connectivity index is 1.21. The largest absolute Gasteiger partial charge is 0.491 e. The molecule has 2 saturated heterocycles. The van der Waals surface area contributed by atoms with Crippen LogP contribution >= 0.6 is 0 Å². The van der Waals surface area contributed by atoms with Crippen molar-refractivity contribution in [1.29, 1.82) is 0 Å². The smallest absolute Gasteiger partial charge is 0.119 e. The lowest BCUT2D eigenvalue weighted by atomic mass is 9.86. The van der Waals surface area contributed by atoms with Gasteiger partial charge in [-0.1, -0.05) is 31.9 Å². The van der Waals surface area contributed by atoms with Crippen LogP contribution in [0.3, 0.4) is 0 Å². The fourth-order valence-electron chi connectivity index (χ4n) is 5.52. The molecular formula is C24H39N3O2. The predicted octanol–water partition coefficient (Wildman–Crippen LogP) is 2.83. The van der Waals surface area contributed by atoms with Crippen molar-refractivity contribution in [3.63, 3.8) is 0 Å². The second-order valence-electron chi connectivity index (χ2n) is 9.51. The fourth-order valence-corrected chi connectivity index (χ4v) is 5.52. The van der Waals surface area contributed by atoms with E-state index in [2.05, 4.69) is 39.8 Å². The number of aliphatic hydroxyl groups is 1. The standard InChI is InChI=1S/C24H39N3O2/c1-2-25-12-14-26(15-13-25)18-22(28)19-29-23-7-5-6-21(16-23)17-27-11-10-24(20-27)8-3-4-9-24/h5-7,16,22,28H,2-4,8-15,17-20H2,1H3/t22-/m1/s1. The van der Waals surface area contributed by atoms with Gasteiger partial charge >= 0.3 is 0 Å². The lowest BCUT2D eigenvalue weighted by Crippen LogP contribution is -2.49. The number of likely N-dealkylation sites (tertiary alicyclic amines) is 1. The average molecular weight is 402 g/mol. The van der Waals surface area contributed by atoms with E-state index in [1.54, 1.807) is 0 Å². The van der Waals surface area contributed by atoms with Gasteiger partial charge in [-0.05, 0) is 55.5 Å². The van der Waals surface area contributed by atoms with E-state index >= 15 is 0 Å². The first-order valence-electron chi connectivity index (χ1n) is 11.7. The number of aliphatic hydroxyl groups excluding tert-OH is 1. The van der Waals surface area contributed by atoms with Crippen LogP contribution in [0.1, 0.15) is 44.6 Å². The lowest BCUT2D eigenvalue weighted by Gasteiger charge is -2.34. The molecule has 5 nitrogen and oxygen atoms in total. The molecule has 0 bridgehead atoms. The van der Waals surface area contributed by atoms with Crippen LogP contribution in [0.2, 0.25) is 0 Å². The number of likely N-dealkylation sites (N-methyl/N-ethyl adjacent to an activating group) is 1. The minimum Gasteiger partial charge on any atom is -0.491 e. The molecular weight excluding hydrogens is 362 g/mol. The summed E-state index contributed by atoms with van der Waals surface area (Å²) in [5.74, 6) is 0.882. The maximum absolute atomic E-state index is 10.4. The van der Waals surface area contributed by atoms with E-state index in [1.165, 1.54) is 50.8 Å². The van der Waals surface area contributed by atoms with E-state index in [4.69, 9.17) is 4.74 Å². The highest BCUT2D eigenvalue weighted by atomic mass is 16.5. The Morgan fingerprint density at radius 3 is 2.52 bits per heavy atom. The van der Waals surface area contributed by atoms with Gasteiger partial charge in [-0.3, -0.25) is 9.80 Å². The Kier molecular flexibility index (Phi) is 7.12. The minimum atomic E-state index is -0.437. The van der Waals surface area contributed by atoms with E-state index in [0.29, 0.717) is 18.6 Å². The van der Waals surface area contributed by atoms with E-state index in [-0.39, 0.29) is 0 Å². The van der Waals surface area contributed by atoms with Crippen LogP contribution in [0.5, 0.6) is 5.75 Å². The molecule has 0 aromatic heterocycles. The molecule has 0 radical (unpaired) electrons. The molecule has 1 aromatic carbocycles. The Bertz CT molecular complexity index is 639. The number of piperazine rings is 1. The third-order valence-corrected chi connectivity index (χ3v) is 7.31. The summed E-state index contributed by atoms with van der Waals surface area (Å²) < 4.78 is 5.94. The highest BCUT2D eigenvalue weighted by Crippen LogP contribution is 2.45. The van der Waals surface area contributed by atoms with Gasteiger partial charge in [0.15, 0.2) is 0 Å². The van der Waals surface area contributed by atoms with Crippen LogP contribution in [0.15, 0.2) is 24.3 Å². The molecule has 0 amide bonds. The van der Waals surface area contributed by atoms with Gasteiger partial charge in [0.1, 0.15) is 18.5 Å². The molecule has 1 spiro atoms. The van der Waals surface area contributed by atoms with Crippen LogP contribution < -0.4 is 4.74 Å². The summed E-state index contributed by atoms with van der Waals surface area (Å²) >= 11 is 0. The van der Waals surface area contributed by atoms with E-state index in [1.807, 2.05) is 6.07 Å². The number of hydrogen-bond acceptors (Lipinski definition) is 5. The van der Waals surface area contributed by atoms with Crippen LogP contribution in [-0.4, -0.2) is 84.9 Å². The summed E-state index contributed by atoms with van der Waals surface area (Å²) in [4.78, 5) is 7.43. The van der Waals surface area contributed by atoms with E-state index in [9.17, 15) is 5.11 Å². The van der Waals surface area contributed by atoms with E-state index in [0.717, 1.165) is 45.0 Å². The summed E-state index contributed by atoms with van der Waals surface area (Å²) in [6.07, 6.45) is 6.65. The maximum atomic E-state index is 10.4. The normalized spacial score (nSPS) is 24.3. The van der Waals surface area contributed by atoms with Crippen LogP contribution in [0.4, 0.5) is 0 Å². The Labute approximate surface area is 176 Å². The zero-order valence-corrected chi connectivity index (χ0v) is 18.2. The van der Waals surface area contributed by atoms with Crippen LogP contribution in [0.25, 0.3) is 0 Å². The van der Waals surface area contributed by atoms with Crippen molar-refractivity contribution in [2.75, 3.05) is 59.0 Å². The molecule has 162 valence electrons. The molecule has 5 heteroatoms. The van der Waals surface area contributed by atoms with Gasteiger partial charge in [0.25, 0.3) is 0 Å². The predicted molar refractivity (Wildman–Crippen MR) is 117 cm³/mol. The highest BCUT2D eigenvalue weighted by molar-refractivity contribution is 5.28. The molecule has 1 aliphatic carbocycles. The third-order valence-electron chi connectivity index (χ3n) is 7.31. The van der Waals surface area contributed by atoms with E-state index < -0.39 is 6.10 Å². The SMILES string of the molecule is CCN1CCN(C[C@@H](O)COc2cccc(CN3CCC4(CCCC4)C3)c2)CC1. The molecule has 1 N–H and O–H groups in total. The quantitative estimate of drug-likeness (QED) is 0.725. The molecule has 1 aromatic rings. The Morgan fingerprint density at radius 1 is 1.00 bits per heavy atom. The van der Waals surface area contributed by atoms with Gasteiger partial charge in [-0.25, -0.2) is 0 Å². The third kappa shape index (κ3) is 5.72. The Hall–Kier alpha value is -1.14. The van der Waals surface area contributed by atoms with Gasteiger partial charge in [0.2, 0.25) is 0 Å². The van der Waals surface area contributed by atoms with Crippen molar-refractivity contribution < 1.29 is 9.84 Å². The second kappa shape index (κ2) is 9.78. The fraction of sp³-hybridized carbons (Fsp3) is 0.750. The van der Waals surface area contributed by atoms with Gasteiger partial charge in [-0.2, -0.15) is 0 Å². The number of benzene rings is 1. The number of nitrogens with zero attached hydrogens (tertiary/aromatic N) is 3.